The van der Waals surface area contributed by atoms with Crippen LogP contribution in [0.15, 0.2) is 166 Å². The van der Waals surface area contributed by atoms with Gasteiger partial charge in [-0.05, 0) is 58.9 Å². The van der Waals surface area contributed by atoms with Gasteiger partial charge in [0.15, 0.2) is 6.35 Å². The quantitative estimate of drug-likeness (QED) is 0.0290. The van der Waals surface area contributed by atoms with Crippen LogP contribution in [0.3, 0.4) is 0 Å². The van der Waals surface area contributed by atoms with Crippen LogP contribution < -0.4 is 26.5 Å². The molecule has 5 aromatic carbocycles. The molecule has 1 radical (unpaired) electrons. The molecule has 0 aliphatic heterocycles. The van der Waals surface area contributed by atoms with E-state index in [1.165, 1.54) is 15.9 Å². The number of amidine groups is 2. The molecule has 0 saturated carbocycles. The number of hydrogen-bond acceptors (Lipinski definition) is 7. The summed E-state index contributed by atoms with van der Waals surface area (Å²) >= 11 is 17.0. The van der Waals surface area contributed by atoms with Crippen molar-refractivity contribution in [2.75, 3.05) is 26.5 Å². The Balaban J connectivity index is 0.00000562. The topological polar surface area (TPSA) is 82.7 Å². The molecule has 5 aromatic rings. The van der Waals surface area contributed by atoms with Gasteiger partial charge in [-0.3, -0.25) is 0 Å². The summed E-state index contributed by atoms with van der Waals surface area (Å²) in [7, 11) is -0.423. The Morgan fingerprint density at radius 1 is 0.600 bits per heavy atom. The van der Waals surface area contributed by atoms with Crippen LogP contribution in [0, 0.1) is 0 Å². The van der Waals surface area contributed by atoms with Gasteiger partial charge < -0.3 is 40.6 Å². The van der Waals surface area contributed by atoms with Crippen molar-refractivity contribution in [2.24, 2.45) is 20.4 Å². The van der Waals surface area contributed by atoms with E-state index in [9.17, 15) is 0 Å². The van der Waals surface area contributed by atoms with Crippen molar-refractivity contribution in [2.45, 2.75) is 0 Å². The van der Waals surface area contributed by atoms with E-state index >= 15 is 0 Å². The Morgan fingerprint density at radius 2 is 1.02 bits per heavy atom. The van der Waals surface area contributed by atoms with E-state index in [0.29, 0.717) is 35.9 Å². The number of nitrogens with zero attached hydrogens (tertiary/aromatic N) is 4. The molecule has 5 rings (SSSR count). The number of hydrogen-bond donors (Lipinski definition) is 2. The van der Waals surface area contributed by atoms with E-state index in [-0.39, 0.29) is 27.4 Å². The predicted octanol–water partition coefficient (Wildman–Crippen LogP) is 6.03. The van der Waals surface area contributed by atoms with E-state index < -0.39 is 7.26 Å². The number of benzene rings is 5. The second-order valence-electron chi connectivity index (χ2n) is 10.6. The van der Waals surface area contributed by atoms with Gasteiger partial charge in [0, 0.05) is 29.7 Å². The maximum atomic E-state index is 6.47. The van der Waals surface area contributed by atoms with Crippen molar-refractivity contribution < 1.29 is 21.8 Å². The molecule has 0 atom stereocenters. The van der Waals surface area contributed by atoms with Gasteiger partial charge in [0.05, 0.1) is 6.61 Å². The molecule has 0 fully saturated rings. The van der Waals surface area contributed by atoms with E-state index in [4.69, 9.17) is 41.6 Å². The van der Waals surface area contributed by atoms with Crippen molar-refractivity contribution in [1.82, 2.24) is 10.6 Å². The fourth-order valence-electron chi connectivity index (χ4n) is 5.11. The molecule has 0 aliphatic rings. The third-order valence-corrected chi connectivity index (χ3v) is 12.4. The molecule has 0 saturated heterocycles. The molecular weight excluding hydrogens is 751 g/mol. The van der Waals surface area contributed by atoms with Gasteiger partial charge in [0.1, 0.15) is 34.6 Å². The number of rotatable bonds is 13. The van der Waals surface area contributed by atoms with Crippen molar-refractivity contribution in [3.8, 4) is 0 Å². The van der Waals surface area contributed by atoms with Gasteiger partial charge >= 0.3 is 17.1 Å². The Morgan fingerprint density at radius 3 is 1.48 bits per heavy atom. The molecule has 0 heterocycles. The van der Waals surface area contributed by atoms with Gasteiger partial charge in [-0.15, -0.1) is 10.2 Å². The van der Waals surface area contributed by atoms with E-state index in [1.54, 1.807) is 19.2 Å². The first kappa shape index (κ1) is 38.8. The molecule has 0 aliphatic carbocycles. The third-order valence-electron chi connectivity index (χ3n) is 7.48. The number of ether oxygens (including phenoxy) is 1. The van der Waals surface area contributed by atoms with Crippen LogP contribution in [0.2, 0.25) is 5.02 Å². The first-order valence-corrected chi connectivity index (χ1v) is 18.7. The zero-order valence-electron chi connectivity index (χ0n) is 27.1. The summed E-state index contributed by atoms with van der Waals surface area (Å²) in [5.41, 5.74) is 2.44. The fraction of sp³-hybridized carbons (Fsp3) is 0.105. The van der Waals surface area contributed by atoms with Crippen LogP contribution in [-0.2, 0) is 47.1 Å². The standard InChI is InChI=1S/C38H36ClN6OPS2.Cu/c1-40-37(48)44-42-36(30-22-24-31(39)25-23-30)35(29-14-6-2-7-15-29)43-45-38(49)41-26-27-46-28-47(32-16-8-3-9-17-32,33-18-10-4-11-19-33)34-20-12-5-13-21-34;/h2-25H,26-28H2,1H3,(H3-,40,41,42,43,44,45,48,49);/q;+2/p-1. The average Bonchev–Trinajstić information content (AvgIpc) is 3.16. The normalized spacial score (nSPS) is 12.6. The fourth-order valence-corrected chi connectivity index (χ4v) is 9.21. The minimum absolute atomic E-state index is 0. The second-order valence-corrected chi connectivity index (χ2v) is 15.2. The summed E-state index contributed by atoms with van der Waals surface area (Å²) in [6, 6.07) is 48.7. The average molecular weight is 786 g/mol. The molecule has 0 unspecified atom stereocenters. The third kappa shape index (κ3) is 10.3. The van der Waals surface area contributed by atoms with Crippen LogP contribution in [-0.4, -0.2) is 48.3 Å². The zero-order valence-corrected chi connectivity index (χ0v) is 31.3. The van der Waals surface area contributed by atoms with Gasteiger partial charge in [0.2, 0.25) is 0 Å². The summed E-state index contributed by atoms with van der Waals surface area (Å²) in [6.07, 6.45) is 0.534. The van der Waals surface area contributed by atoms with Gasteiger partial charge in [-0.2, -0.15) is 10.2 Å². The molecule has 50 heavy (non-hydrogen) atoms. The first-order valence-electron chi connectivity index (χ1n) is 15.5. The molecule has 2 N–H and O–H groups in total. The van der Waals surface area contributed by atoms with Crippen molar-refractivity contribution in [3.63, 3.8) is 0 Å². The minimum atomic E-state index is -2.11. The maximum Gasteiger partial charge on any atom is 2.00 e. The summed E-state index contributed by atoms with van der Waals surface area (Å²) < 4.78 is 6.47. The summed E-state index contributed by atoms with van der Waals surface area (Å²) in [6.45, 7) is 0.859. The summed E-state index contributed by atoms with van der Waals surface area (Å²) in [4.78, 5) is 0. The van der Waals surface area contributed by atoms with Gasteiger partial charge in [-0.1, -0.05) is 109 Å². The molecule has 7 nitrogen and oxygen atoms in total. The predicted molar refractivity (Wildman–Crippen MR) is 214 cm³/mol. The van der Waals surface area contributed by atoms with E-state index in [2.05, 4.69) is 104 Å². The Bertz CT molecular complexity index is 1800. The number of nitrogens with one attached hydrogen (secondary N) is 2. The summed E-state index contributed by atoms with van der Waals surface area (Å²) in [5, 5.41) is 28.3. The van der Waals surface area contributed by atoms with Crippen molar-refractivity contribution >= 4 is 81.8 Å². The van der Waals surface area contributed by atoms with Crippen LogP contribution in [0.1, 0.15) is 11.1 Å². The summed E-state index contributed by atoms with van der Waals surface area (Å²) in [5.74, 6) is 0. The maximum absolute atomic E-state index is 6.47. The van der Waals surface area contributed by atoms with Crippen LogP contribution >= 0.6 is 18.9 Å². The molecule has 0 aromatic heterocycles. The Labute approximate surface area is 321 Å². The van der Waals surface area contributed by atoms with Crippen molar-refractivity contribution in [1.29, 1.82) is 0 Å². The van der Waals surface area contributed by atoms with Gasteiger partial charge in [-0.25, -0.2) is 0 Å². The molecule has 0 spiro atoms. The second kappa shape index (κ2) is 20.0. The molecule has 0 bridgehead atoms. The molecule has 257 valence electrons. The van der Waals surface area contributed by atoms with Crippen LogP contribution in [0.25, 0.3) is 0 Å². The van der Waals surface area contributed by atoms with E-state index in [0.717, 1.165) is 11.1 Å². The monoisotopic (exact) mass is 784 g/mol. The SMILES string of the molecule is CN/C([S-])=N/N=C(/C(=N/N=C(\[S-])NCCOC[P+](c1ccccc1)(c1ccccc1)c1ccccc1)c1ccccc1)c1ccc(Cl)cc1.[Cu+2]. The zero-order chi connectivity index (χ0) is 34.3. The number of halogens is 1. The Hall–Kier alpha value is -3.98. The van der Waals surface area contributed by atoms with Crippen LogP contribution in [0.5, 0.6) is 0 Å². The molecular formula is C38H35ClCuN6OPS2+. The first-order chi connectivity index (χ1) is 24.0. The molecule has 12 heteroatoms. The van der Waals surface area contributed by atoms with E-state index in [1.807, 2.05) is 60.7 Å². The largest absolute Gasteiger partial charge is 2.00 e. The van der Waals surface area contributed by atoms with Gasteiger partial charge in [0.25, 0.3) is 0 Å². The Kier molecular flexibility index (Phi) is 15.5. The van der Waals surface area contributed by atoms with Crippen LogP contribution in [0.4, 0.5) is 0 Å². The smallest absolute Gasteiger partial charge is 0.741 e. The van der Waals surface area contributed by atoms with Crippen molar-refractivity contribution in [3.05, 3.63) is 162 Å². The minimum Gasteiger partial charge on any atom is -0.741 e. The molecule has 0 amide bonds.